The van der Waals surface area contributed by atoms with E-state index in [0.717, 1.165) is 0 Å². The van der Waals surface area contributed by atoms with Crippen LogP contribution in [0.25, 0.3) is 0 Å². The maximum absolute atomic E-state index is 11.2. The minimum Gasteiger partial charge on any atom is -0.395 e. The monoisotopic (exact) mass is 208 g/mol. The standard InChI is InChI=1S/C6H6Cl2N2O2/c7-4-5(8)9-3-10(1-2-11)6(4)12/h3,11H,1-2H2. The highest BCUT2D eigenvalue weighted by Gasteiger charge is 2.05. The summed E-state index contributed by atoms with van der Waals surface area (Å²) in [7, 11) is 0. The van der Waals surface area contributed by atoms with E-state index >= 15 is 0 Å². The first-order valence-corrected chi connectivity index (χ1v) is 3.93. The van der Waals surface area contributed by atoms with Gasteiger partial charge in [0.25, 0.3) is 5.56 Å². The summed E-state index contributed by atoms with van der Waals surface area (Å²) in [5.41, 5.74) is -0.439. The van der Waals surface area contributed by atoms with Crippen molar-refractivity contribution in [1.82, 2.24) is 9.55 Å². The molecule has 0 aliphatic rings. The molecule has 1 N–H and O–H groups in total. The minimum atomic E-state index is -0.439. The number of rotatable bonds is 2. The Kier molecular flexibility index (Phi) is 3.08. The SMILES string of the molecule is O=c1c(Cl)c(Cl)ncn1CCO. The van der Waals surface area contributed by atoms with Gasteiger partial charge < -0.3 is 5.11 Å². The summed E-state index contributed by atoms with van der Waals surface area (Å²) in [6.07, 6.45) is 1.24. The van der Waals surface area contributed by atoms with Gasteiger partial charge in [-0.3, -0.25) is 9.36 Å². The molecule has 0 radical (unpaired) electrons. The van der Waals surface area contributed by atoms with Gasteiger partial charge in [-0.05, 0) is 0 Å². The van der Waals surface area contributed by atoms with E-state index in [2.05, 4.69) is 4.98 Å². The second kappa shape index (κ2) is 3.89. The molecule has 0 amide bonds. The molecular weight excluding hydrogens is 203 g/mol. The Balaban J connectivity index is 3.18. The van der Waals surface area contributed by atoms with Gasteiger partial charge in [0.05, 0.1) is 19.5 Å². The van der Waals surface area contributed by atoms with E-state index in [0.29, 0.717) is 0 Å². The van der Waals surface area contributed by atoms with Crippen LogP contribution in [0.1, 0.15) is 0 Å². The fourth-order valence-corrected chi connectivity index (χ4v) is 0.993. The summed E-state index contributed by atoms with van der Waals surface area (Å²) in [6, 6.07) is 0. The third-order valence-electron chi connectivity index (χ3n) is 1.28. The highest BCUT2D eigenvalue weighted by molar-refractivity contribution is 6.40. The van der Waals surface area contributed by atoms with E-state index < -0.39 is 5.56 Å². The Morgan fingerprint density at radius 1 is 1.58 bits per heavy atom. The number of aliphatic hydroxyl groups excluding tert-OH is 1. The predicted molar refractivity (Wildman–Crippen MR) is 45.6 cm³/mol. The number of nitrogens with zero attached hydrogens (tertiary/aromatic N) is 2. The maximum atomic E-state index is 11.2. The molecule has 0 bridgehead atoms. The lowest BCUT2D eigenvalue weighted by Gasteiger charge is -2.02. The van der Waals surface area contributed by atoms with E-state index in [4.69, 9.17) is 28.3 Å². The molecular formula is C6H6Cl2N2O2. The van der Waals surface area contributed by atoms with Gasteiger partial charge in [0.1, 0.15) is 5.02 Å². The molecule has 0 saturated heterocycles. The lowest BCUT2D eigenvalue weighted by molar-refractivity contribution is 0.273. The van der Waals surface area contributed by atoms with Crippen LogP contribution in [0.5, 0.6) is 0 Å². The van der Waals surface area contributed by atoms with Crippen LogP contribution in [0, 0.1) is 0 Å². The van der Waals surface area contributed by atoms with Gasteiger partial charge in [0.2, 0.25) is 0 Å². The Bertz CT molecular complexity index is 337. The average molecular weight is 209 g/mol. The lowest BCUT2D eigenvalue weighted by Crippen LogP contribution is -2.22. The van der Waals surface area contributed by atoms with Crippen LogP contribution in [0.3, 0.4) is 0 Å². The molecule has 12 heavy (non-hydrogen) atoms. The summed E-state index contributed by atoms with van der Waals surface area (Å²) in [6.45, 7) is 0.0300. The van der Waals surface area contributed by atoms with Gasteiger partial charge in [0, 0.05) is 0 Å². The molecule has 0 aliphatic carbocycles. The summed E-state index contributed by atoms with van der Waals surface area (Å²) < 4.78 is 1.19. The molecule has 1 rings (SSSR count). The van der Waals surface area contributed by atoms with Gasteiger partial charge in [-0.15, -0.1) is 0 Å². The van der Waals surface area contributed by atoms with Crippen molar-refractivity contribution < 1.29 is 5.11 Å². The molecule has 4 nitrogen and oxygen atoms in total. The van der Waals surface area contributed by atoms with Gasteiger partial charge in [-0.1, -0.05) is 23.2 Å². The van der Waals surface area contributed by atoms with Crippen molar-refractivity contribution in [2.75, 3.05) is 6.61 Å². The van der Waals surface area contributed by atoms with Crippen LogP contribution in [0.2, 0.25) is 10.2 Å². The molecule has 6 heteroatoms. The highest BCUT2D eigenvalue weighted by atomic mass is 35.5. The van der Waals surface area contributed by atoms with Gasteiger partial charge in [0.15, 0.2) is 5.15 Å². The van der Waals surface area contributed by atoms with Crippen molar-refractivity contribution in [3.05, 3.63) is 26.9 Å². The van der Waals surface area contributed by atoms with Gasteiger partial charge in [-0.2, -0.15) is 0 Å². The molecule has 0 fully saturated rings. The summed E-state index contributed by atoms with van der Waals surface area (Å²) in [5, 5.41) is 8.41. The maximum Gasteiger partial charge on any atom is 0.273 e. The van der Waals surface area contributed by atoms with E-state index in [1.165, 1.54) is 10.9 Å². The lowest BCUT2D eigenvalue weighted by atomic mass is 10.6. The normalized spacial score (nSPS) is 10.2. The van der Waals surface area contributed by atoms with Gasteiger partial charge >= 0.3 is 0 Å². The van der Waals surface area contributed by atoms with Crippen molar-refractivity contribution in [3.8, 4) is 0 Å². The Labute approximate surface area is 78.4 Å². The Morgan fingerprint density at radius 2 is 2.25 bits per heavy atom. The van der Waals surface area contributed by atoms with Crippen LogP contribution in [-0.4, -0.2) is 21.3 Å². The van der Waals surface area contributed by atoms with Gasteiger partial charge in [-0.25, -0.2) is 4.98 Å². The van der Waals surface area contributed by atoms with Crippen molar-refractivity contribution >= 4 is 23.2 Å². The fourth-order valence-electron chi connectivity index (χ4n) is 0.711. The average Bonchev–Trinajstić information content (AvgIpc) is 2.07. The topological polar surface area (TPSA) is 55.1 Å². The van der Waals surface area contributed by atoms with Crippen LogP contribution in [-0.2, 0) is 6.54 Å². The molecule has 66 valence electrons. The van der Waals surface area contributed by atoms with Crippen LogP contribution in [0.4, 0.5) is 0 Å². The number of aromatic nitrogens is 2. The number of hydrogen-bond acceptors (Lipinski definition) is 3. The smallest absolute Gasteiger partial charge is 0.273 e. The number of halogens is 2. The van der Waals surface area contributed by atoms with Crippen LogP contribution >= 0.6 is 23.2 Å². The molecule has 1 aromatic heterocycles. The zero-order chi connectivity index (χ0) is 9.14. The molecule has 1 heterocycles. The minimum absolute atomic E-state index is 0.0177. The van der Waals surface area contributed by atoms with E-state index in [-0.39, 0.29) is 23.3 Å². The van der Waals surface area contributed by atoms with E-state index in [1.807, 2.05) is 0 Å². The third-order valence-corrected chi connectivity index (χ3v) is 2.01. The summed E-state index contributed by atoms with van der Waals surface area (Å²) in [5.74, 6) is 0. The second-order valence-corrected chi connectivity index (χ2v) is 2.81. The van der Waals surface area contributed by atoms with E-state index in [9.17, 15) is 4.79 Å². The number of hydrogen-bond donors (Lipinski definition) is 1. The first-order chi connectivity index (χ1) is 5.66. The van der Waals surface area contributed by atoms with Crippen LogP contribution in [0.15, 0.2) is 11.1 Å². The Morgan fingerprint density at radius 3 is 2.83 bits per heavy atom. The number of aliphatic hydroxyl groups is 1. The molecule has 0 unspecified atom stereocenters. The fraction of sp³-hybridized carbons (Fsp3) is 0.333. The Hall–Kier alpha value is -0.580. The van der Waals surface area contributed by atoms with Crippen molar-refractivity contribution in [1.29, 1.82) is 0 Å². The van der Waals surface area contributed by atoms with E-state index in [1.54, 1.807) is 0 Å². The largest absolute Gasteiger partial charge is 0.395 e. The molecule has 0 saturated carbocycles. The second-order valence-electron chi connectivity index (χ2n) is 2.07. The third kappa shape index (κ3) is 1.77. The zero-order valence-electron chi connectivity index (χ0n) is 6.00. The molecule has 0 atom stereocenters. The summed E-state index contributed by atoms with van der Waals surface area (Å²) >= 11 is 11.0. The van der Waals surface area contributed by atoms with Crippen molar-refractivity contribution in [2.24, 2.45) is 0 Å². The van der Waals surface area contributed by atoms with Crippen molar-refractivity contribution in [3.63, 3.8) is 0 Å². The molecule has 1 aromatic rings. The quantitative estimate of drug-likeness (QED) is 0.723. The first-order valence-electron chi connectivity index (χ1n) is 3.18. The molecule has 0 aliphatic heterocycles. The highest BCUT2D eigenvalue weighted by Crippen LogP contribution is 2.12. The molecule has 0 aromatic carbocycles. The summed E-state index contributed by atoms with van der Waals surface area (Å²) in [4.78, 5) is 14.8. The zero-order valence-corrected chi connectivity index (χ0v) is 7.51. The van der Waals surface area contributed by atoms with Crippen molar-refractivity contribution in [2.45, 2.75) is 6.54 Å². The predicted octanol–water partition coefficient (Wildman–Crippen LogP) is 0.542. The first kappa shape index (κ1) is 9.51. The molecule has 0 spiro atoms. The van der Waals surface area contributed by atoms with Crippen LogP contribution < -0.4 is 5.56 Å².